The number of primary amides is 1. The molecule has 11 nitrogen and oxygen atoms in total. The monoisotopic (exact) mass is 498 g/mol. The van der Waals surface area contributed by atoms with Crippen LogP contribution < -0.4 is 22.1 Å². The van der Waals surface area contributed by atoms with Crippen molar-refractivity contribution in [3.05, 3.63) is 81.9 Å². The van der Waals surface area contributed by atoms with Crippen molar-refractivity contribution in [2.24, 2.45) is 16.6 Å². The number of nitro groups is 1. The van der Waals surface area contributed by atoms with Crippen molar-refractivity contribution < 1.29 is 32.9 Å². The Morgan fingerprint density at radius 1 is 1.03 bits per heavy atom. The van der Waals surface area contributed by atoms with E-state index in [2.05, 4.69) is 15.7 Å². The number of nitrogens with one attached hydrogen (secondary N) is 2. The number of benzene rings is 2. The fourth-order valence-electron chi connectivity index (χ4n) is 2.83. The van der Waals surface area contributed by atoms with Crippen LogP contribution in [0.5, 0.6) is 0 Å². The first-order chi connectivity index (χ1) is 16.4. The van der Waals surface area contributed by atoms with E-state index in [1.54, 1.807) is 0 Å². The van der Waals surface area contributed by atoms with Crippen LogP contribution in [-0.2, 0) is 9.59 Å². The summed E-state index contributed by atoms with van der Waals surface area (Å²) in [7, 11) is 0. The predicted octanol–water partition coefficient (Wildman–Crippen LogP) is 1.73. The summed E-state index contributed by atoms with van der Waals surface area (Å²) in [4.78, 5) is 31.1. The lowest BCUT2D eigenvalue weighted by atomic mass is 9.97. The standard InChI is InChI=1S/C19H24N6O3.C2HF3O2/c20-18(26)16(12-7-13-22-19(21)24-25(27)28)23-17(14-8-3-1-4-9-14)15-10-5-2-6-11-15;3-2(4,5)1(6)7/h1-6,8-11,16-17,23H,7,12-13H2,(H2,20,26)(H3,21,22,24);(H,6,7)/t16-;/m1./s1. The molecule has 0 radical (unpaired) electrons. The average Bonchev–Trinajstić information content (AvgIpc) is 2.79. The molecule has 0 aliphatic heterocycles. The van der Waals surface area contributed by atoms with Gasteiger partial charge in [-0.1, -0.05) is 60.7 Å². The van der Waals surface area contributed by atoms with Crippen LogP contribution in [0.25, 0.3) is 0 Å². The van der Waals surface area contributed by atoms with E-state index in [0.29, 0.717) is 19.4 Å². The third-order valence-electron chi connectivity index (χ3n) is 4.38. The summed E-state index contributed by atoms with van der Waals surface area (Å²) in [6, 6.07) is 18.8. The van der Waals surface area contributed by atoms with Crippen molar-refractivity contribution in [1.29, 1.82) is 0 Å². The number of hydrazone groups is 1. The Bertz CT molecular complexity index is 950. The van der Waals surface area contributed by atoms with E-state index in [1.165, 1.54) is 0 Å². The minimum Gasteiger partial charge on any atom is -0.475 e. The molecule has 0 spiro atoms. The smallest absolute Gasteiger partial charge is 0.475 e. The molecule has 1 amide bonds. The van der Waals surface area contributed by atoms with E-state index in [4.69, 9.17) is 21.4 Å². The van der Waals surface area contributed by atoms with Crippen molar-refractivity contribution >= 4 is 17.8 Å². The molecule has 0 heterocycles. The van der Waals surface area contributed by atoms with Gasteiger partial charge in [0.05, 0.1) is 12.1 Å². The zero-order valence-corrected chi connectivity index (χ0v) is 18.3. The molecule has 2 rings (SSSR count). The highest BCUT2D eigenvalue weighted by Gasteiger charge is 2.38. The second kappa shape index (κ2) is 14.1. The molecular formula is C21H25F3N6O5. The minimum atomic E-state index is -5.08. The molecule has 0 aromatic heterocycles. The van der Waals surface area contributed by atoms with Gasteiger partial charge in [-0.3, -0.25) is 10.1 Å². The van der Waals surface area contributed by atoms with Crippen LogP contribution in [0.2, 0.25) is 0 Å². The summed E-state index contributed by atoms with van der Waals surface area (Å²) < 4.78 is 31.7. The number of carbonyl (C=O) groups is 2. The number of carbonyl (C=O) groups excluding carboxylic acids is 1. The Hall–Kier alpha value is -4.20. The first kappa shape index (κ1) is 28.8. The number of guanidine groups is 1. The van der Waals surface area contributed by atoms with Crippen molar-refractivity contribution in [1.82, 2.24) is 10.6 Å². The summed E-state index contributed by atoms with van der Waals surface area (Å²) in [5.74, 6) is -3.50. The summed E-state index contributed by atoms with van der Waals surface area (Å²) in [5.41, 5.74) is 13.0. The number of nitrogens with two attached hydrogens (primary N) is 2. The zero-order valence-electron chi connectivity index (χ0n) is 18.3. The largest absolute Gasteiger partial charge is 0.490 e. The fraction of sp³-hybridized carbons (Fsp3) is 0.286. The SMILES string of the molecule is NC(=O)[C@@H](CCCNC(N)=N[N+](=O)[O-])NC(c1ccccc1)c1ccccc1.O=C(O)C(F)(F)F. The van der Waals surface area contributed by atoms with E-state index in [0.717, 1.165) is 11.1 Å². The van der Waals surface area contributed by atoms with Crippen molar-refractivity contribution in [2.75, 3.05) is 6.54 Å². The topological polar surface area (TPSA) is 186 Å². The maximum atomic E-state index is 12.0. The van der Waals surface area contributed by atoms with Crippen molar-refractivity contribution in [3.8, 4) is 0 Å². The number of nitrogens with zero attached hydrogens (tertiary/aromatic N) is 2. The van der Waals surface area contributed by atoms with Crippen LogP contribution in [0.3, 0.4) is 0 Å². The highest BCUT2D eigenvalue weighted by molar-refractivity contribution is 5.80. The number of rotatable bonds is 10. The Labute approximate surface area is 198 Å². The Morgan fingerprint density at radius 3 is 1.86 bits per heavy atom. The quantitative estimate of drug-likeness (QED) is 0.108. The van der Waals surface area contributed by atoms with Crippen LogP contribution in [0.4, 0.5) is 13.2 Å². The first-order valence-electron chi connectivity index (χ1n) is 10.1. The number of hydrogen-bond donors (Lipinski definition) is 5. The van der Waals surface area contributed by atoms with Gasteiger partial charge in [0.2, 0.25) is 5.91 Å². The number of carboxylic acids is 1. The second-order valence-electron chi connectivity index (χ2n) is 6.97. The molecule has 35 heavy (non-hydrogen) atoms. The molecule has 2 aromatic rings. The summed E-state index contributed by atoms with van der Waals surface area (Å²) in [5, 5.41) is 25.4. The molecule has 0 unspecified atom stereocenters. The molecule has 14 heteroatoms. The lowest BCUT2D eigenvalue weighted by molar-refractivity contribution is -0.485. The van der Waals surface area contributed by atoms with Crippen molar-refractivity contribution in [3.63, 3.8) is 0 Å². The number of halogens is 3. The highest BCUT2D eigenvalue weighted by atomic mass is 19.4. The number of hydrogen-bond acceptors (Lipinski definition) is 5. The number of aliphatic carboxylic acids is 1. The second-order valence-corrected chi connectivity index (χ2v) is 6.97. The molecule has 0 fully saturated rings. The molecule has 1 atom stereocenters. The maximum Gasteiger partial charge on any atom is 0.490 e. The number of carboxylic acid groups (broad SMARTS) is 1. The summed E-state index contributed by atoms with van der Waals surface area (Å²) in [6.07, 6.45) is -4.13. The Morgan fingerprint density at radius 2 is 1.49 bits per heavy atom. The van der Waals surface area contributed by atoms with E-state index >= 15 is 0 Å². The lowest BCUT2D eigenvalue weighted by Gasteiger charge is -2.25. The van der Waals surface area contributed by atoms with Gasteiger partial charge in [0, 0.05) is 6.54 Å². The van der Waals surface area contributed by atoms with Gasteiger partial charge in [-0.15, -0.1) is 0 Å². The fourth-order valence-corrected chi connectivity index (χ4v) is 2.83. The zero-order chi connectivity index (χ0) is 26.4. The summed E-state index contributed by atoms with van der Waals surface area (Å²) in [6.45, 7) is 0.329. The minimum absolute atomic E-state index is 0.200. The molecule has 7 N–H and O–H groups in total. The molecule has 0 saturated carbocycles. The van der Waals surface area contributed by atoms with E-state index in [1.807, 2.05) is 60.7 Å². The number of amides is 1. The van der Waals surface area contributed by atoms with Gasteiger partial charge in [0.1, 0.15) is 5.10 Å². The lowest BCUT2D eigenvalue weighted by Crippen LogP contribution is -2.44. The third-order valence-corrected chi connectivity index (χ3v) is 4.38. The van der Waals surface area contributed by atoms with E-state index < -0.39 is 29.1 Å². The molecule has 0 aliphatic carbocycles. The van der Waals surface area contributed by atoms with Crippen LogP contribution in [0, 0.1) is 10.1 Å². The van der Waals surface area contributed by atoms with Gasteiger partial charge in [-0.2, -0.15) is 13.2 Å². The molecule has 2 aromatic carbocycles. The van der Waals surface area contributed by atoms with Crippen LogP contribution in [-0.4, -0.2) is 46.7 Å². The van der Waals surface area contributed by atoms with E-state index in [9.17, 15) is 28.1 Å². The molecule has 0 aliphatic rings. The van der Waals surface area contributed by atoms with Gasteiger partial charge < -0.3 is 21.9 Å². The number of alkyl halides is 3. The normalized spacial score (nSPS) is 12.3. The molecule has 0 saturated heterocycles. The Kier molecular flexibility index (Phi) is 11.7. The molecule has 0 bridgehead atoms. The predicted molar refractivity (Wildman–Crippen MR) is 120 cm³/mol. The van der Waals surface area contributed by atoms with Crippen LogP contribution in [0.15, 0.2) is 65.8 Å². The highest BCUT2D eigenvalue weighted by Crippen LogP contribution is 2.23. The molecule has 190 valence electrons. The average molecular weight is 498 g/mol. The van der Waals surface area contributed by atoms with Crippen LogP contribution in [0.1, 0.15) is 30.0 Å². The van der Waals surface area contributed by atoms with Crippen molar-refractivity contribution in [2.45, 2.75) is 31.1 Å². The van der Waals surface area contributed by atoms with E-state index in [-0.39, 0.29) is 12.0 Å². The first-order valence-corrected chi connectivity index (χ1v) is 10.1. The van der Waals surface area contributed by atoms with Crippen LogP contribution >= 0.6 is 0 Å². The third kappa shape index (κ3) is 11.5. The van der Waals surface area contributed by atoms with Gasteiger partial charge in [0.25, 0.3) is 5.96 Å². The molecular weight excluding hydrogens is 473 g/mol. The Balaban J connectivity index is 0.000000762. The van der Waals surface area contributed by atoms with Gasteiger partial charge >= 0.3 is 12.1 Å². The maximum absolute atomic E-state index is 12.0. The summed E-state index contributed by atoms with van der Waals surface area (Å²) >= 11 is 0. The van der Waals surface area contributed by atoms with Gasteiger partial charge in [-0.05, 0) is 24.0 Å². The van der Waals surface area contributed by atoms with Gasteiger partial charge in [0.15, 0.2) is 5.03 Å². The van der Waals surface area contributed by atoms with Gasteiger partial charge in [-0.25, -0.2) is 14.9 Å².